The second-order valence-corrected chi connectivity index (χ2v) is 6.44. The zero-order valence-electron chi connectivity index (χ0n) is 12.3. The molecule has 4 atom stereocenters. The van der Waals surface area contributed by atoms with Crippen LogP contribution in [0.1, 0.15) is 35.8 Å². The van der Waals surface area contributed by atoms with Gasteiger partial charge in [0.05, 0.1) is 12.7 Å². The maximum atomic E-state index is 12.6. The summed E-state index contributed by atoms with van der Waals surface area (Å²) in [6, 6.07) is 4.59. The van der Waals surface area contributed by atoms with Crippen molar-refractivity contribution in [1.82, 2.24) is 9.88 Å². The van der Waals surface area contributed by atoms with E-state index in [-0.39, 0.29) is 24.0 Å². The molecule has 1 amide bonds. The van der Waals surface area contributed by atoms with Gasteiger partial charge in [0.25, 0.3) is 5.91 Å². The molecule has 1 aliphatic heterocycles. The van der Waals surface area contributed by atoms with Crippen molar-refractivity contribution in [3.63, 3.8) is 0 Å². The van der Waals surface area contributed by atoms with E-state index in [9.17, 15) is 4.79 Å². The molecule has 0 bridgehead atoms. The summed E-state index contributed by atoms with van der Waals surface area (Å²) in [5, 5.41) is 3.23. The van der Waals surface area contributed by atoms with Gasteiger partial charge in [-0.25, -0.2) is 0 Å². The van der Waals surface area contributed by atoms with E-state index in [1.807, 2.05) is 18.3 Å². The lowest BCUT2D eigenvalue weighted by Crippen LogP contribution is -2.62. The van der Waals surface area contributed by atoms with Crippen molar-refractivity contribution in [2.24, 2.45) is 11.8 Å². The molecule has 0 unspecified atom stereocenters. The highest BCUT2D eigenvalue weighted by Gasteiger charge is 2.54. The van der Waals surface area contributed by atoms with E-state index < -0.39 is 0 Å². The van der Waals surface area contributed by atoms with Gasteiger partial charge in [0.2, 0.25) is 0 Å². The third kappa shape index (κ3) is 2.19. The number of amides is 1. The number of hydrogen-bond acceptors (Lipinski definition) is 3. The van der Waals surface area contributed by atoms with Crippen LogP contribution in [0.2, 0.25) is 0 Å². The first-order valence-corrected chi connectivity index (χ1v) is 7.88. The van der Waals surface area contributed by atoms with E-state index in [0.29, 0.717) is 18.6 Å². The molecule has 2 aliphatic carbocycles. The second-order valence-electron chi connectivity index (χ2n) is 6.44. The Kier molecular flexibility index (Phi) is 3.27. The lowest BCUT2D eigenvalue weighted by molar-refractivity contribution is -0.0810. The van der Waals surface area contributed by atoms with E-state index in [1.54, 1.807) is 7.11 Å². The molecule has 0 spiro atoms. The molecule has 3 fully saturated rings. The van der Waals surface area contributed by atoms with Crippen LogP contribution >= 0.6 is 0 Å². The van der Waals surface area contributed by atoms with Crippen molar-refractivity contribution in [3.8, 4) is 0 Å². The summed E-state index contributed by atoms with van der Waals surface area (Å²) >= 11 is 0. The topological polar surface area (TPSA) is 52.5 Å². The third-order valence-corrected chi connectivity index (χ3v) is 5.14. The first-order chi connectivity index (χ1) is 10.3. The minimum atomic E-state index is 0.0448. The average Bonchev–Trinajstić information content (AvgIpc) is 3.06. The Labute approximate surface area is 124 Å². The molecule has 5 heteroatoms. The molecule has 1 saturated heterocycles. The summed E-state index contributed by atoms with van der Waals surface area (Å²) in [4.78, 5) is 12.6. The van der Waals surface area contributed by atoms with E-state index in [1.165, 1.54) is 12.8 Å². The lowest BCUT2D eigenvalue weighted by Gasteiger charge is -2.47. The second kappa shape index (κ2) is 5.14. The Hall–Kier alpha value is -1.33. The summed E-state index contributed by atoms with van der Waals surface area (Å²) in [6.45, 7) is 1.45. The first kappa shape index (κ1) is 13.3. The van der Waals surface area contributed by atoms with Crippen LogP contribution in [-0.2, 0) is 9.47 Å². The molecule has 0 radical (unpaired) electrons. The minimum Gasteiger partial charge on any atom is -0.384 e. The van der Waals surface area contributed by atoms with E-state index >= 15 is 0 Å². The molecular weight excluding hydrogens is 268 g/mol. The maximum absolute atomic E-state index is 12.6. The van der Waals surface area contributed by atoms with Gasteiger partial charge >= 0.3 is 0 Å². The molecule has 3 aliphatic rings. The summed E-state index contributed by atoms with van der Waals surface area (Å²) in [5.74, 6) is 0.789. The minimum absolute atomic E-state index is 0.0448. The number of fused-ring (bicyclic) bond motifs is 1. The Bertz CT molecular complexity index is 537. The van der Waals surface area contributed by atoms with E-state index in [0.717, 1.165) is 18.7 Å². The van der Waals surface area contributed by atoms with Crippen molar-refractivity contribution in [2.45, 2.75) is 37.5 Å². The predicted octanol–water partition coefficient (Wildman–Crippen LogP) is 1.60. The SMILES string of the molecule is COC[C@@H]1[C@@H](NC(=O)c2cccn2C2CC2)[C@@H]2CCO[C@H]12. The van der Waals surface area contributed by atoms with Gasteiger partial charge in [0, 0.05) is 43.8 Å². The normalized spacial score (nSPS) is 34.3. The monoisotopic (exact) mass is 290 g/mol. The Morgan fingerprint density at radius 3 is 3.10 bits per heavy atom. The van der Waals surface area contributed by atoms with E-state index in [2.05, 4.69) is 9.88 Å². The molecule has 1 aromatic heterocycles. The number of carbonyl (C=O) groups excluding carboxylic acids is 1. The maximum Gasteiger partial charge on any atom is 0.268 e. The number of aromatic nitrogens is 1. The van der Waals surface area contributed by atoms with Crippen LogP contribution in [0.3, 0.4) is 0 Å². The largest absolute Gasteiger partial charge is 0.384 e. The molecule has 2 saturated carbocycles. The van der Waals surface area contributed by atoms with Crippen LogP contribution in [0, 0.1) is 11.8 Å². The Morgan fingerprint density at radius 1 is 1.48 bits per heavy atom. The quantitative estimate of drug-likeness (QED) is 0.896. The number of nitrogens with one attached hydrogen (secondary N) is 1. The number of hydrogen-bond donors (Lipinski definition) is 1. The standard InChI is InChI=1S/C16H22N2O3/c1-20-9-12-14(11-6-8-21-15(11)12)17-16(19)13-3-2-7-18(13)10-4-5-10/h2-3,7,10-12,14-15H,4-6,8-9H2,1H3,(H,17,19)/t11-,12+,14-,15-/m0/s1. The van der Waals surface area contributed by atoms with Crippen molar-refractivity contribution in [1.29, 1.82) is 0 Å². The molecule has 2 heterocycles. The summed E-state index contributed by atoms with van der Waals surface area (Å²) in [7, 11) is 1.71. The zero-order valence-corrected chi connectivity index (χ0v) is 12.3. The van der Waals surface area contributed by atoms with Crippen molar-refractivity contribution in [3.05, 3.63) is 24.0 Å². The number of nitrogens with zero attached hydrogens (tertiary/aromatic N) is 1. The summed E-state index contributed by atoms with van der Waals surface area (Å²) in [5.41, 5.74) is 0.788. The fourth-order valence-electron chi connectivity index (χ4n) is 3.92. The third-order valence-electron chi connectivity index (χ3n) is 5.14. The van der Waals surface area contributed by atoms with Gasteiger partial charge in [-0.1, -0.05) is 0 Å². The van der Waals surface area contributed by atoms with Crippen molar-refractivity contribution >= 4 is 5.91 Å². The van der Waals surface area contributed by atoms with Gasteiger partial charge in [-0.15, -0.1) is 0 Å². The summed E-state index contributed by atoms with van der Waals surface area (Å²) in [6.07, 6.45) is 5.69. The molecule has 5 nitrogen and oxygen atoms in total. The average molecular weight is 290 g/mol. The molecular formula is C16H22N2O3. The van der Waals surface area contributed by atoms with Gasteiger partial charge in [0.1, 0.15) is 5.69 Å². The van der Waals surface area contributed by atoms with Gasteiger partial charge in [-0.05, 0) is 31.4 Å². The molecule has 1 N–H and O–H groups in total. The summed E-state index contributed by atoms with van der Waals surface area (Å²) < 4.78 is 13.2. The van der Waals surface area contributed by atoms with Gasteiger partial charge in [-0.2, -0.15) is 0 Å². The van der Waals surface area contributed by atoms with Crippen molar-refractivity contribution in [2.75, 3.05) is 20.3 Å². The van der Waals surface area contributed by atoms with Crippen LogP contribution in [0.4, 0.5) is 0 Å². The van der Waals surface area contributed by atoms with Crippen LogP contribution in [0.15, 0.2) is 18.3 Å². The molecule has 21 heavy (non-hydrogen) atoms. The van der Waals surface area contributed by atoms with Crippen LogP contribution in [0.5, 0.6) is 0 Å². The molecule has 0 aromatic carbocycles. The Balaban J connectivity index is 1.47. The first-order valence-electron chi connectivity index (χ1n) is 7.88. The zero-order chi connectivity index (χ0) is 14.4. The molecule has 114 valence electrons. The molecule has 1 aromatic rings. The van der Waals surface area contributed by atoms with Crippen molar-refractivity contribution < 1.29 is 14.3 Å². The number of carbonyl (C=O) groups is 1. The van der Waals surface area contributed by atoms with E-state index in [4.69, 9.17) is 9.47 Å². The highest BCUT2D eigenvalue weighted by atomic mass is 16.5. The smallest absolute Gasteiger partial charge is 0.268 e. The molecule has 4 rings (SSSR count). The highest BCUT2D eigenvalue weighted by molar-refractivity contribution is 5.93. The fourth-order valence-corrected chi connectivity index (χ4v) is 3.92. The van der Waals surface area contributed by atoms with Gasteiger partial charge < -0.3 is 19.4 Å². The van der Waals surface area contributed by atoms with Crippen LogP contribution < -0.4 is 5.32 Å². The van der Waals surface area contributed by atoms with Gasteiger partial charge in [0.15, 0.2) is 0 Å². The predicted molar refractivity (Wildman–Crippen MR) is 77.2 cm³/mol. The van der Waals surface area contributed by atoms with Gasteiger partial charge in [-0.3, -0.25) is 4.79 Å². The number of rotatable bonds is 5. The Morgan fingerprint density at radius 2 is 2.33 bits per heavy atom. The number of methoxy groups -OCH3 is 1. The lowest BCUT2D eigenvalue weighted by atomic mass is 9.67. The highest BCUT2D eigenvalue weighted by Crippen LogP contribution is 2.44. The fraction of sp³-hybridized carbons (Fsp3) is 0.688. The van der Waals surface area contributed by atoms with Crippen LogP contribution in [-0.4, -0.2) is 42.9 Å². The number of ether oxygens (including phenoxy) is 2. The van der Waals surface area contributed by atoms with Crippen LogP contribution in [0.25, 0.3) is 0 Å².